The largest absolute Gasteiger partial charge is 0.0990 e. The highest BCUT2D eigenvalue weighted by Gasteiger charge is 2.00. The van der Waals surface area contributed by atoms with E-state index in [9.17, 15) is 0 Å². The van der Waals surface area contributed by atoms with Gasteiger partial charge in [-0.05, 0) is 35.4 Å². The number of hydrogen-bond acceptors (Lipinski definition) is 0. The fourth-order valence-electron chi connectivity index (χ4n) is 1.61. The predicted octanol–water partition coefficient (Wildman–Crippen LogP) is 2.40. The van der Waals surface area contributed by atoms with E-state index >= 15 is 0 Å². The Morgan fingerprint density at radius 1 is 1.36 bits per heavy atom. The van der Waals surface area contributed by atoms with Gasteiger partial charge in [-0.2, -0.15) is 0 Å². The molecule has 72 valence electrons. The summed E-state index contributed by atoms with van der Waals surface area (Å²) in [4.78, 5) is 0. The zero-order chi connectivity index (χ0) is 10.7. The summed E-state index contributed by atoms with van der Waals surface area (Å²) in [6.07, 6.45) is 3.79. The van der Waals surface area contributed by atoms with Gasteiger partial charge in [0.2, 0.25) is 0 Å². The number of allylic oxidation sites excluding steroid dienone is 2. The van der Waals surface area contributed by atoms with Gasteiger partial charge in [0.25, 0.3) is 0 Å². The zero-order valence-electron chi connectivity index (χ0n) is 8.93. The van der Waals surface area contributed by atoms with E-state index in [1.54, 1.807) is 6.08 Å². The molecule has 0 bridgehead atoms. The van der Waals surface area contributed by atoms with Crippen molar-refractivity contribution in [3.05, 3.63) is 52.9 Å². The van der Waals surface area contributed by atoms with E-state index in [1.807, 2.05) is 19.1 Å². The summed E-state index contributed by atoms with van der Waals surface area (Å²) in [6, 6.07) is 4.08. The van der Waals surface area contributed by atoms with Crippen LogP contribution in [0.5, 0.6) is 0 Å². The van der Waals surface area contributed by atoms with Crippen LogP contribution < -0.4 is 10.4 Å². The molecule has 0 heteroatoms. The second-order valence-corrected chi connectivity index (χ2v) is 3.50. The fourth-order valence-corrected chi connectivity index (χ4v) is 1.61. The number of benzene rings is 1. The third-order valence-electron chi connectivity index (χ3n) is 2.33. The highest BCUT2D eigenvalue weighted by Crippen LogP contribution is 2.08. The predicted molar refractivity (Wildman–Crippen MR) is 65.3 cm³/mol. The van der Waals surface area contributed by atoms with Crippen molar-refractivity contribution < 1.29 is 0 Å². The van der Waals surface area contributed by atoms with Gasteiger partial charge in [-0.25, -0.2) is 0 Å². The molecule has 0 heterocycles. The molecule has 0 aliphatic heterocycles. The third-order valence-corrected chi connectivity index (χ3v) is 2.33. The maximum absolute atomic E-state index is 3.99. The molecule has 0 aromatic heterocycles. The van der Waals surface area contributed by atoms with E-state index in [2.05, 4.69) is 32.7 Å². The molecule has 0 nitrogen and oxygen atoms in total. The molecule has 0 atom stereocenters. The van der Waals surface area contributed by atoms with Crippen molar-refractivity contribution in [2.75, 3.05) is 0 Å². The summed E-state index contributed by atoms with van der Waals surface area (Å²) in [6.45, 7) is 15.8. The Morgan fingerprint density at radius 2 is 2.00 bits per heavy atom. The first-order valence-electron chi connectivity index (χ1n) is 4.65. The van der Waals surface area contributed by atoms with Crippen molar-refractivity contribution >= 4 is 18.2 Å². The van der Waals surface area contributed by atoms with Crippen LogP contribution in [0.4, 0.5) is 0 Å². The molecule has 0 saturated heterocycles. The molecular formula is C14H16. The molecule has 0 aliphatic rings. The minimum absolute atomic E-state index is 1.06. The van der Waals surface area contributed by atoms with Crippen LogP contribution in [-0.2, 0) is 0 Å². The maximum Gasteiger partial charge on any atom is -0.0126 e. The lowest BCUT2D eigenvalue weighted by atomic mass is 9.98. The molecule has 0 aliphatic carbocycles. The van der Waals surface area contributed by atoms with E-state index in [0.29, 0.717) is 0 Å². The topological polar surface area (TPSA) is 0 Å². The van der Waals surface area contributed by atoms with Crippen molar-refractivity contribution in [2.45, 2.75) is 13.8 Å². The lowest BCUT2D eigenvalue weighted by Crippen LogP contribution is -2.17. The van der Waals surface area contributed by atoms with Crippen LogP contribution in [0.2, 0.25) is 0 Å². The van der Waals surface area contributed by atoms with Crippen LogP contribution in [0.3, 0.4) is 0 Å². The van der Waals surface area contributed by atoms with Gasteiger partial charge in [-0.1, -0.05) is 49.6 Å². The second-order valence-electron chi connectivity index (χ2n) is 3.50. The second kappa shape index (κ2) is 4.10. The van der Waals surface area contributed by atoms with E-state index < -0.39 is 0 Å². The molecular weight excluding hydrogens is 168 g/mol. The Kier molecular flexibility index (Phi) is 3.08. The molecule has 14 heavy (non-hydrogen) atoms. The summed E-state index contributed by atoms with van der Waals surface area (Å²) in [5.41, 5.74) is 3.46. The van der Waals surface area contributed by atoms with Crippen LogP contribution in [0, 0.1) is 6.92 Å². The Bertz CT molecular complexity index is 475. The van der Waals surface area contributed by atoms with Crippen molar-refractivity contribution in [3.63, 3.8) is 0 Å². The quantitative estimate of drug-likeness (QED) is 0.662. The molecule has 0 saturated carbocycles. The average molecular weight is 184 g/mol. The van der Waals surface area contributed by atoms with Gasteiger partial charge in [0.1, 0.15) is 0 Å². The summed E-state index contributed by atoms with van der Waals surface area (Å²) in [5, 5.41) is 2.22. The minimum Gasteiger partial charge on any atom is -0.0990 e. The van der Waals surface area contributed by atoms with Crippen molar-refractivity contribution in [2.24, 2.45) is 0 Å². The van der Waals surface area contributed by atoms with E-state index in [1.165, 1.54) is 11.1 Å². The average Bonchev–Trinajstić information content (AvgIpc) is 2.11. The number of hydrogen-bond donors (Lipinski definition) is 0. The Balaban J connectivity index is 3.71. The van der Waals surface area contributed by atoms with Crippen molar-refractivity contribution in [3.8, 4) is 0 Å². The standard InChI is InChI=1S/C14H16/c1-6-7-13-9-8-11(4)12(5)14(13)10(2)3/h6-9H,1-2,4H2,3,5H3/b13-7-. The zero-order valence-corrected chi connectivity index (χ0v) is 8.93. The molecule has 0 unspecified atom stereocenters. The first kappa shape index (κ1) is 10.5. The minimum atomic E-state index is 1.06. The van der Waals surface area contributed by atoms with Gasteiger partial charge in [0.15, 0.2) is 0 Å². The molecule has 0 spiro atoms. The first-order chi connectivity index (χ1) is 6.57. The summed E-state index contributed by atoms with van der Waals surface area (Å²) < 4.78 is 0. The third kappa shape index (κ3) is 1.85. The van der Waals surface area contributed by atoms with E-state index in [4.69, 9.17) is 0 Å². The van der Waals surface area contributed by atoms with Gasteiger partial charge in [-0.3, -0.25) is 0 Å². The SMILES string of the molecule is C=C/C=c1/ccc(=C)c(C)c1C(=C)C. The number of rotatable bonds is 2. The summed E-state index contributed by atoms with van der Waals surface area (Å²) >= 11 is 0. The maximum atomic E-state index is 3.99. The lowest BCUT2D eigenvalue weighted by Gasteiger charge is -2.06. The van der Waals surface area contributed by atoms with E-state index in [-0.39, 0.29) is 0 Å². The highest BCUT2D eigenvalue weighted by atomic mass is 14.0. The van der Waals surface area contributed by atoms with Gasteiger partial charge < -0.3 is 0 Å². The van der Waals surface area contributed by atoms with Crippen LogP contribution in [0.25, 0.3) is 18.2 Å². The monoisotopic (exact) mass is 184 g/mol. The van der Waals surface area contributed by atoms with E-state index in [0.717, 1.165) is 16.0 Å². The summed E-state index contributed by atoms with van der Waals surface area (Å²) in [5.74, 6) is 0. The van der Waals surface area contributed by atoms with Gasteiger partial charge in [0.05, 0.1) is 0 Å². The van der Waals surface area contributed by atoms with Crippen molar-refractivity contribution in [1.29, 1.82) is 0 Å². The lowest BCUT2D eigenvalue weighted by molar-refractivity contribution is 1.34. The van der Waals surface area contributed by atoms with Crippen molar-refractivity contribution in [1.82, 2.24) is 0 Å². The Labute approximate surface area is 85.6 Å². The Hall–Kier alpha value is -1.56. The molecule has 0 N–H and O–H groups in total. The normalized spacial score (nSPS) is 11.4. The highest BCUT2D eigenvalue weighted by molar-refractivity contribution is 5.66. The first-order valence-corrected chi connectivity index (χ1v) is 4.65. The molecule has 0 radical (unpaired) electrons. The van der Waals surface area contributed by atoms with Crippen LogP contribution >= 0.6 is 0 Å². The van der Waals surface area contributed by atoms with Gasteiger partial charge in [0, 0.05) is 0 Å². The van der Waals surface area contributed by atoms with Crippen LogP contribution in [-0.4, -0.2) is 0 Å². The smallest absolute Gasteiger partial charge is 0.0126 e. The van der Waals surface area contributed by atoms with Gasteiger partial charge >= 0.3 is 0 Å². The fraction of sp³-hybridized carbons (Fsp3) is 0.143. The molecule has 1 rings (SSSR count). The Morgan fingerprint density at radius 3 is 2.50 bits per heavy atom. The van der Waals surface area contributed by atoms with Gasteiger partial charge in [-0.15, -0.1) is 0 Å². The summed E-state index contributed by atoms with van der Waals surface area (Å²) in [7, 11) is 0. The van der Waals surface area contributed by atoms with Crippen LogP contribution in [0.1, 0.15) is 18.1 Å². The molecule has 0 amide bonds. The molecule has 1 aromatic rings. The molecule has 0 fully saturated rings. The van der Waals surface area contributed by atoms with Crippen LogP contribution in [0.15, 0.2) is 31.4 Å². The molecule has 1 aromatic carbocycles.